The summed E-state index contributed by atoms with van der Waals surface area (Å²) in [7, 11) is 0. The SMILES string of the molecule is CCCN=C(NN)N1CCCOc2ccccc21. The smallest absolute Gasteiger partial charge is 0.213 e. The minimum atomic E-state index is 0.704. The van der Waals surface area contributed by atoms with Gasteiger partial charge < -0.3 is 9.64 Å². The number of nitrogens with one attached hydrogen (secondary N) is 1. The quantitative estimate of drug-likeness (QED) is 0.360. The number of aliphatic imine (C=N–C) groups is 1. The molecule has 18 heavy (non-hydrogen) atoms. The van der Waals surface area contributed by atoms with E-state index in [1.807, 2.05) is 24.3 Å². The first kappa shape index (κ1) is 12.7. The number of para-hydroxylation sites is 2. The molecule has 0 aliphatic carbocycles. The molecular weight excluding hydrogens is 228 g/mol. The molecule has 0 amide bonds. The monoisotopic (exact) mass is 248 g/mol. The van der Waals surface area contributed by atoms with Crippen molar-refractivity contribution in [2.45, 2.75) is 19.8 Å². The van der Waals surface area contributed by atoms with Crippen LogP contribution < -0.4 is 20.9 Å². The molecule has 5 nitrogen and oxygen atoms in total. The summed E-state index contributed by atoms with van der Waals surface area (Å²) in [5, 5.41) is 0. The summed E-state index contributed by atoms with van der Waals surface area (Å²) in [6.07, 6.45) is 1.94. The molecule has 98 valence electrons. The Labute approximate surface area is 108 Å². The van der Waals surface area contributed by atoms with Crippen LogP contribution in [-0.4, -0.2) is 25.7 Å². The van der Waals surface area contributed by atoms with Gasteiger partial charge in [-0.15, -0.1) is 0 Å². The number of anilines is 1. The largest absolute Gasteiger partial charge is 0.491 e. The standard InChI is InChI=1S/C13H20N4O/c1-2-8-15-13(16-14)17-9-5-10-18-12-7-4-3-6-11(12)17/h3-4,6-7H,2,5,8-10,14H2,1H3,(H,15,16). The van der Waals surface area contributed by atoms with E-state index in [-0.39, 0.29) is 0 Å². The van der Waals surface area contributed by atoms with Crippen LogP contribution in [0, 0.1) is 0 Å². The number of rotatable bonds is 2. The van der Waals surface area contributed by atoms with Gasteiger partial charge in [0, 0.05) is 13.1 Å². The summed E-state index contributed by atoms with van der Waals surface area (Å²) in [6.45, 7) is 4.43. The maximum atomic E-state index is 5.71. The molecule has 1 heterocycles. The zero-order chi connectivity index (χ0) is 12.8. The summed E-state index contributed by atoms with van der Waals surface area (Å²) in [5.41, 5.74) is 3.71. The van der Waals surface area contributed by atoms with Crippen molar-refractivity contribution >= 4 is 11.6 Å². The van der Waals surface area contributed by atoms with Crippen molar-refractivity contribution in [3.8, 4) is 5.75 Å². The van der Waals surface area contributed by atoms with Gasteiger partial charge in [-0.05, 0) is 25.0 Å². The number of nitrogens with zero attached hydrogens (tertiary/aromatic N) is 2. The van der Waals surface area contributed by atoms with Crippen LogP contribution in [0.1, 0.15) is 19.8 Å². The Morgan fingerprint density at radius 3 is 3.11 bits per heavy atom. The molecule has 0 saturated carbocycles. The average Bonchev–Trinajstić information content (AvgIpc) is 2.63. The fraction of sp³-hybridized carbons (Fsp3) is 0.462. The van der Waals surface area contributed by atoms with Crippen molar-refractivity contribution in [3.05, 3.63) is 24.3 Å². The molecule has 0 bridgehead atoms. The van der Waals surface area contributed by atoms with Gasteiger partial charge in [-0.3, -0.25) is 10.4 Å². The second kappa shape index (κ2) is 6.26. The normalized spacial score (nSPS) is 15.7. The maximum absolute atomic E-state index is 5.71. The number of hydrogen-bond donors (Lipinski definition) is 2. The van der Waals surface area contributed by atoms with Gasteiger partial charge in [0.2, 0.25) is 5.96 Å². The fourth-order valence-electron chi connectivity index (χ4n) is 1.97. The molecule has 1 aromatic rings. The van der Waals surface area contributed by atoms with E-state index < -0.39 is 0 Å². The molecule has 0 fully saturated rings. The van der Waals surface area contributed by atoms with Crippen molar-refractivity contribution in [2.75, 3.05) is 24.6 Å². The van der Waals surface area contributed by atoms with E-state index >= 15 is 0 Å². The zero-order valence-corrected chi connectivity index (χ0v) is 10.7. The van der Waals surface area contributed by atoms with E-state index in [1.165, 1.54) is 0 Å². The van der Waals surface area contributed by atoms with E-state index in [0.29, 0.717) is 5.96 Å². The van der Waals surface area contributed by atoms with Crippen LogP contribution in [0.15, 0.2) is 29.3 Å². The minimum absolute atomic E-state index is 0.704. The molecular formula is C13H20N4O. The van der Waals surface area contributed by atoms with E-state index in [1.54, 1.807) is 0 Å². The number of hydrazine groups is 1. The molecule has 1 aliphatic rings. The predicted octanol–water partition coefficient (Wildman–Crippen LogP) is 1.50. The van der Waals surface area contributed by atoms with Crippen LogP contribution in [0.3, 0.4) is 0 Å². The van der Waals surface area contributed by atoms with Crippen molar-refractivity contribution < 1.29 is 4.74 Å². The molecule has 0 atom stereocenters. The molecule has 1 aromatic carbocycles. The first-order chi connectivity index (χ1) is 8.86. The number of ether oxygens (including phenoxy) is 1. The van der Waals surface area contributed by atoms with Crippen LogP contribution in [0.25, 0.3) is 0 Å². The number of nitrogens with two attached hydrogens (primary N) is 1. The van der Waals surface area contributed by atoms with Gasteiger partial charge in [0.05, 0.1) is 12.3 Å². The third-order valence-electron chi connectivity index (χ3n) is 2.81. The predicted molar refractivity (Wildman–Crippen MR) is 73.8 cm³/mol. The number of hydrogen-bond acceptors (Lipinski definition) is 3. The Balaban J connectivity index is 2.31. The molecule has 2 rings (SSSR count). The van der Waals surface area contributed by atoms with E-state index in [2.05, 4.69) is 22.2 Å². The molecule has 5 heteroatoms. The molecule has 0 spiro atoms. The van der Waals surface area contributed by atoms with Gasteiger partial charge in [0.15, 0.2) is 0 Å². The lowest BCUT2D eigenvalue weighted by Crippen LogP contribution is -2.45. The van der Waals surface area contributed by atoms with Gasteiger partial charge in [0.1, 0.15) is 5.75 Å². The number of benzene rings is 1. The van der Waals surface area contributed by atoms with Crippen molar-refractivity contribution in [2.24, 2.45) is 10.8 Å². The van der Waals surface area contributed by atoms with Crippen molar-refractivity contribution in [1.29, 1.82) is 0 Å². The summed E-state index contributed by atoms with van der Waals surface area (Å²) >= 11 is 0. The van der Waals surface area contributed by atoms with Crippen LogP contribution in [0.5, 0.6) is 5.75 Å². The van der Waals surface area contributed by atoms with E-state index in [0.717, 1.165) is 44.0 Å². The first-order valence-electron chi connectivity index (χ1n) is 6.37. The van der Waals surface area contributed by atoms with E-state index in [9.17, 15) is 0 Å². The van der Waals surface area contributed by atoms with Crippen LogP contribution in [0.4, 0.5) is 5.69 Å². The molecule has 0 radical (unpaired) electrons. The van der Waals surface area contributed by atoms with Crippen LogP contribution >= 0.6 is 0 Å². The number of guanidine groups is 1. The highest BCUT2D eigenvalue weighted by Gasteiger charge is 2.19. The van der Waals surface area contributed by atoms with Gasteiger partial charge >= 0.3 is 0 Å². The molecule has 3 N–H and O–H groups in total. The van der Waals surface area contributed by atoms with Gasteiger partial charge in [-0.2, -0.15) is 0 Å². The highest BCUT2D eigenvalue weighted by atomic mass is 16.5. The van der Waals surface area contributed by atoms with Gasteiger partial charge in [0.25, 0.3) is 0 Å². The summed E-state index contributed by atoms with van der Waals surface area (Å²) in [5.74, 6) is 7.18. The number of fused-ring (bicyclic) bond motifs is 1. The topological polar surface area (TPSA) is 62.9 Å². The van der Waals surface area contributed by atoms with Crippen molar-refractivity contribution in [1.82, 2.24) is 5.43 Å². The van der Waals surface area contributed by atoms with Gasteiger partial charge in [-0.1, -0.05) is 19.1 Å². The molecule has 0 aromatic heterocycles. The van der Waals surface area contributed by atoms with Crippen LogP contribution in [-0.2, 0) is 0 Å². The molecule has 0 saturated heterocycles. The van der Waals surface area contributed by atoms with Gasteiger partial charge in [-0.25, -0.2) is 5.84 Å². The average molecular weight is 248 g/mol. The highest BCUT2D eigenvalue weighted by Crippen LogP contribution is 2.30. The lowest BCUT2D eigenvalue weighted by atomic mass is 10.2. The second-order valence-electron chi connectivity index (χ2n) is 4.17. The van der Waals surface area contributed by atoms with Crippen molar-refractivity contribution in [3.63, 3.8) is 0 Å². The highest BCUT2D eigenvalue weighted by molar-refractivity contribution is 5.97. The Morgan fingerprint density at radius 1 is 1.50 bits per heavy atom. The first-order valence-corrected chi connectivity index (χ1v) is 6.37. The Hall–Kier alpha value is -1.75. The summed E-state index contributed by atoms with van der Waals surface area (Å²) in [6, 6.07) is 7.97. The lowest BCUT2D eigenvalue weighted by Gasteiger charge is -2.24. The lowest BCUT2D eigenvalue weighted by molar-refractivity contribution is 0.322. The summed E-state index contributed by atoms with van der Waals surface area (Å²) < 4.78 is 5.71. The minimum Gasteiger partial charge on any atom is -0.491 e. The zero-order valence-electron chi connectivity index (χ0n) is 10.7. The Kier molecular flexibility index (Phi) is 4.41. The Bertz CT molecular complexity index is 419. The second-order valence-corrected chi connectivity index (χ2v) is 4.17. The molecule has 1 aliphatic heterocycles. The molecule has 0 unspecified atom stereocenters. The fourth-order valence-corrected chi connectivity index (χ4v) is 1.97. The summed E-state index contributed by atoms with van der Waals surface area (Å²) in [4.78, 5) is 6.56. The maximum Gasteiger partial charge on any atom is 0.213 e. The third kappa shape index (κ3) is 2.73. The Morgan fingerprint density at radius 2 is 2.33 bits per heavy atom. The van der Waals surface area contributed by atoms with E-state index in [4.69, 9.17) is 10.6 Å². The third-order valence-corrected chi connectivity index (χ3v) is 2.81. The van der Waals surface area contributed by atoms with Crippen LogP contribution in [0.2, 0.25) is 0 Å².